The monoisotopic (exact) mass is 242 g/mol. The Labute approximate surface area is 107 Å². The molecule has 0 aromatic carbocycles. The highest BCUT2D eigenvalue weighted by Crippen LogP contribution is 2.20. The van der Waals surface area contributed by atoms with E-state index in [4.69, 9.17) is 5.73 Å². The maximum atomic E-state index is 5.71. The molecule has 2 aromatic rings. The average Bonchev–Trinajstić information content (AvgIpc) is 2.38. The van der Waals surface area contributed by atoms with E-state index in [1.807, 2.05) is 31.3 Å². The Bertz CT molecular complexity index is 549. The SMILES string of the molecule is Cc1cccc(-c2ncc(CN)c(C(C)C)n2)n1. The second-order valence-corrected chi connectivity index (χ2v) is 4.63. The fourth-order valence-corrected chi connectivity index (χ4v) is 1.87. The molecule has 2 heterocycles. The molecule has 0 aliphatic rings. The molecule has 0 fully saturated rings. The first-order valence-corrected chi connectivity index (χ1v) is 6.11. The second kappa shape index (κ2) is 5.23. The van der Waals surface area contributed by atoms with Crippen molar-refractivity contribution in [1.82, 2.24) is 15.0 Å². The molecule has 4 heteroatoms. The summed E-state index contributed by atoms with van der Waals surface area (Å²) in [5, 5.41) is 0. The van der Waals surface area contributed by atoms with Gasteiger partial charge < -0.3 is 5.73 Å². The van der Waals surface area contributed by atoms with Crippen LogP contribution in [0.2, 0.25) is 0 Å². The number of rotatable bonds is 3. The lowest BCUT2D eigenvalue weighted by molar-refractivity contribution is 0.786. The van der Waals surface area contributed by atoms with Crippen molar-refractivity contribution in [2.75, 3.05) is 0 Å². The number of nitrogens with zero attached hydrogens (tertiary/aromatic N) is 3. The van der Waals surface area contributed by atoms with Gasteiger partial charge in [0.2, 0.25) is 0 Å². The van der Waals surface area contributed by atoms with E-state index < -0.39 is 0 Å². The van der Waals surface area contributed by atoms with Crippen LogP contribution in [0.5, 0.6) is 0 Å². The van der Waals surface area contributed by atoms with E-state index in [0.717, 1.165) is 22.6 Å². The van der Waals surface area contributed by atoms with Crippen LogP contribution in [0.15, 0.2) is 24.4 Å². The van der Waals surface area contributed by atoms with Gasteiger partial charge in [0, 0.05) is 24.0 Å². The first-order valence-electron chi connectivity index (χ1n) is 6.11. The minimum atomic E-state index is 0.329. The molecule has 2 rings (SSSR count). The molecular weight excluding hydrogens is 224 g/mol. The average molecular weight is 242 g/mol. The van der Waals surface area contributed by atoms with Crippen LogP contribution in [-0.2, 0) is 6.54 Å². The third-order valence-electron chi connectivity index (χ3n) is 2.78. The number of nitrogens with two attached hydrogens (primary N) is 1. The van der Waals surface area contributed by atoms with Gasteiger partial charge >= 0.3 is 0 Å². The van der Waals surface area contributed by atoms with Crippen molar-refractivity contribution in [1.29, 1.82) is 0 Å². The third kappa shape index (κ3) is 2.54. The number of hydrogen-bond acceptors (Lipinski definition) is 4. The zero-order valence-electron chi connectivity index (χ0n) is 11.0. The van der Waals surface area contributed by atoms with E-state index >= 15 is 0 Å². The predicted octanol–water partition coefficient (Wildman–Crippen LogP) is 2.43. The second-order valence-electron chi connectivity index (χ2n) is 4.63. The van der Waals surface area contributed by atoms with Crippen molar-refractivity contribution in [2.24, 2.45) is 5.73 Å². The van der Waals surface area contributed by atoms with Gasteiger partial charge in [0.05, 0.1) is 5.69 Å². The maximum absolute atomic E-state index is 5.71. The van der Waals surface area contributed by atoms with E-state index in [1.165, 1.54) is 0 Å². The van der Waals surface area contributed by atoms with Crippen LogP contribution < -0.4 is 5.73 Å². The van der Waals surface area contributed by atoms with Crippen LogP contribution in [-0.4, -0.2) is 15.0 Å². The number of hydrogen-bond donors (Lipinski definition) is 1. The van der Waals surface area contributed by atoms with Gasteiger partial charge in [0.25, 0.3) is 0 Å². The highest BCUT2D eigenvalue weighted by molar-refractivity contribution is 5.49. The summed E-state index contributed by atoms with van der Waals surface area (Å²) in [6.45, 7) is 6.64. The molecular formula is C14H18N4. The van der Waals surface area contributed by atoms with Crippen LogP contribution in [0, 0.1) is 6.92 Å². The summed E-state index contributed by atoms with van der Waals surface area (Å²) < 4.78 is 0. The van der Waals surface area contributed by atoms with E-state index in [2.05, 4.69) is 28.8 Å². The summed E-state index contributed by atoms with van der Waals surface area (Å²) in [5.41, 5.74) is 9.48. The summed E-state index contributed by atoms with van der Waals surface area (Å²) in [7, 11) is 0. The first kappa shape index (κ1) is 12.6. The van der Waals surface area contributed by atoms with Crippen molar-refractivity contribution in [2.45, 2.75) is 33.2 Å². The van der Waals surface area contributed by atoms with Crippen LogP contribution in [0.4, 0.5) is 0 Å². The normalized spacial score (nSPS) is 10.9. The lowest BCUT2D eigenvalue weighted by Gasteiger charge is -2.11. The zero-order valence-corrected chi connectivity index (χ0v) is 11.0. The standard InChI is InChI=1S/C14H18N4/c1-9(2)13-11(7-15)8-16-14(18-13)12-6-4-5-10(3)17-12/h4-6,8-9H,7,15H2,1-3H3. The third-order valence-corrected chi connectivity index (χ3v) is 2.78. The Balaban J connectivity index is 2.50. The molecule has 0 saturated carbocycles. The van der Waals surface area contributed by atoms with Crippen molar-refractivity contribution in [3.63, 3.8) is 0 Å². The van der Waals surface area contributed by atoms with Gasteiger partial charge in [-0.25, -0.2) is 15.0 Å². The highest BCUT2D eigenvalue weighted by Gasteiger charge is 2.11. The van der Waals surface area contributed by atoms with Gasteiger partial charge in [-0.2, -0.15) is 0 Å². The van der Waals surface area contributed by atoms with Gasteiger partial charge in [0.1, 0.15) is 5.69 Å². The Hall–Kier alpha value is -1.81. The van der Waals surface area contributed by atoms with Crippen LogP contribution in [0.1, 0.15) is 36.7 Å². The van der Waals surface area contributed by atoms with Crippen molar-refractivity contribution < 1.29 is 0 Å². The van der Waals surface area contributed by atoms with Gasteiger partial charge in [-0.1, -0.05) is 19.9 Å². The topological polar surface area (TPSA) is 64.7 Å². The molecule has 0 aliphatic carbocycles. The van der Waals surface area contributed by atoms with Gasteiger partial charge in [-0.15, -0.1) is 0 Å². The Morgan fingerprint density at radius 1 is 1.22 bits per heavy atom. The fraction of sp³-hybridized carbons (Fsp3) is 0.357. The van der Waals surface area contributed by atoms with Crippen molar-refractivity contribution in [3.8, 4) is 11.5 Å². The largest absolute Gasteiger partial charge is 0.326 e. The summed E-state index contributed by atoms with van der Waals surface area (Å²) in [4.78, 5) is 13.4. The quantitative estimate of drug-likeness (QED) is 0.897. The zero-order chi connectivity index (χ0) is 13.1. The molecule has 2 N–H and O–H groups in total. The number of pyridine rings is 1. The van der Waals surface area contributed by atoms with Crippen molar-refractivity contribution in [3.05, 3.63) is 41.3 Å². The Morgan fingerprint density at radius 3 is 2.61 bits per heavy atom. The summed E-state index contributed by atoms with van der Waals surface area (Å²) in [6, 6.07) is 5.85. The molecule has 0 atom stereocenters. The maximum Gasteiger partial charge on any atom is 0.178 e. The lowest BCUT2D eigenvalue weighted by Crippen LogP contribution is -2.08. The molecule has 0 spiro atoms. The molecule has 0 saturated heterocycles. The molecule has 0 aliphatic heterocycles. The summed E-state index contributed by atoms with van der Waals surface area (Å²) in [6.07, 6.45) is 1.81. The van der Waals surface area contributed by atoms with Crippen LogP contribution in [0.25, 0.3) is 11.5 Å². The van der Waals surface area contributed by atoms with Gasteiger partial charge in [0.15, 0.2) is 5.82 Å². The van der Waals surface area contributed by atoms with E-state index in [9.17, 15) is 0 Å². The van der Waals surface area contributed by atoms with E-state index in [1.54, 1.807) is 0 Å². The molecule has 4 nitrogen and oxygen atoms in total. The Kier molecular flexibility index (Phi) is 3.67. The molecule has 0 radical (unpaired) electrons. The first-order chi connectivity index (χ1) is 8.61. The molecule has 0 amide bonds. The summed E-state index contributed by atoms with van der Waals surface area (Å²) >= 11 is 0. The smallest absolute Gasteiger partial charge is 0.178 e. The molecule has 0 bridgehead atoms. The predicted molar refractivity (Wildman–Crippen MR) is 72.0 cm³/mol. The molecule has 0 unspecified atom stereocenters. The van der Waals surface area contributed by atoms with E-state index in [-0.39, 0.29) is 0 Å². The number of aryl methyl sites for hydroxylation is 1. The molecule has 2 aromatic heterocycles. The van der Waals surface area contributed by atoms with Crippen molar-refractivity contribution >= 4 is 0 Å². The Morgan fingerprint density at radius 2 is 2.00 bits per heavy atom. The number of aromatic nitrogens is 3. The lowest BCUT2D eigenvalue weighted by atomic mass is 10.1. The molecule has 94 valence electrons. The van der Waals surface area contributed by atoms with Gasteiger partial charge in [-0.3, -0.25) is 0 Å². The van der Waals surface area contributed by atoms with Crippen LogP contribution in [0.3, 0.4) is 0 Å². The van der Waals surface area contributed by atoms with E-state index in [0.29, 0.717) is 18.3 Å². The highest BCUT2D eigenvalue weighted by atomic mass is 14.9. The van der Waals surface area contributed by atoms with Crippen LogP contribution >= 0.6 is 0 Å². The van der Waals surface area contributed by atoms with Gasteiger partial charge in [-0.05, 0) is 25.0 Å². The minimum Gasteiger partial charge on any atom is -0.326 e. The summed E-state index contributed by atoms with van der Waals surface area (Å²) in [5.74, 6) is 0.995. The fourth-order valence-electron chi connectivity index (χ4n) is 1.87. The minimum absolute atomic E-state index is 0.329. The molecule has 18 heavy (non-hydrogen) atoms.